The molecule has 0 aliphatic rings. The van der Waals surface area contributed by atoms with E-state index in [1.165, 1.54) is 17.0 Å². The second kappa shape index (κ2) is 6.36. The minimum absolute atomic E-state index is 0.0547. The van der Waals surface area contributed by atoms with Gasteiger partial charge in [-0.1, -0.05) is 34.5 Å². The van der Waals surface area contributed by atoms with Crippen LogP contribution in [-0.2, 0) is 0 Å². The number of amides is 1. The molecular weight excluding hydrogens is 308 g/mol. The first-order valence-corrected chi connectivity index (χ1v) is 6.55. The van der Waals surface area contributed by atoms with E-state index in [4.69, 9.17) is 11.6 Å². The van der Waals surface area contributed by atoms with Gasteiger partial charge in [0.2, 0.25) is 0 Å². The topological polar surface area (TPSA) is 20.3 Å². The van der Waals surface area contributed by atoms with Crippen LogP contribution in [0.15, 0.2) is 18.2 Å². The van der Waals surface area contributed by atoms with Gasteiger partial charge < -0.3 is 4.90 Å². The Labute approximate surface area is 114 Å². The Kier molecular flexibility index (Phi) is 5.40. The average molecular weight is 323 g/mol. The summed E-state index contributed by atoms with van der Waals surface area (Å²) in [6, 6.07) is 4.07. The average Bonchev–Trinajstić information content (AvgIpc) is 2.25. The number of hydrogen-bond acceptors (Lipinski definition) is 1. The number of hydrogen-bond donors (Lipinski definition) is 0. The molecule has 1 unspecified atom stereocenters. The van der Waals surface area contributed by atoms with Gasteiger partial charge in [-0.25, -0.2) is 4.39 Å². The first-order valence-electron chi connectivity index (χ1n) is 5.26. The van der Waals surface area contributed by atoms with E-state index in [0.717, 1.165) is 12.5 Å². The smallest absolute Gasteiger partial charge is 0.256 e. The van der Waals surface area contributed by atoms with Gasteiger partial charge in [0.25, 0.3) is 5.91 Å². The third-order valence-corrected chi connectivity index (χ3v) is 3.06. The van der Waals surface area contributed by atoms with Crippen molar-refractivity contribution in [1.82, 2.24) is 4.90 Å². The zero-order valence-corrected chi connectivity index (χ0v) is 12.1. The van der Waals surface area contributed by atoms with Crippen LogP contribution in [0.5, 0.6) is 0 Å². The minimum Gasteiger partial charge on any atom is -0.342 e. The van der Waals surface area contributed by atoms with Gasteiger partial charge in [-0.05, 0) is 24.6 Å². The molecule has 0 aliphatic heterocycles. The summed E-state index contributed by atoms with van der Waals surface area (Å²) in [7, 11) is 1.66. The largest absolute Gasteiger partial charge is 0.342 e. The Balaban J connectivity index is 2.75. The van der Waals surface area contributed by atoms with Gasteiger partial charge >= 0.3 is 0 Å². The molecule has 0 saturated heterocycles. The lowest BCUT2D eigenvalue weighted by atomic mass is 10.2. The zero-order chi connectivity index (χ0) is 13.0. The number of nitrogens with zero attached hydrogens (tertiary/aromatic N) is 1. The van der Waals surface area contributed by atoms with Gasteiger partial charge in [-0.3, -0.25) is 4.79 Å². The van der Waals surface area contributed by atoms with Crippen molar-refractivity contribution in [3.8, 4) is 0 Å². The monoisotopic (exact) mass is 321 g/mol. The maximum absolute atomic E-state index is 13.5. The Morgan fingerprint density at radius 1 is 1.59 bits per heavy atom. The van der Waals surface area contributed by atoms with Crippen molar-refractivity contribution in [1.29, 1.82) is 0 Å². The number of rotatable bonds is 4. The number of halogens is 3. The summed E-state index contributed by atoms with van der Waals surface area (Å²) in [6.45, 7) is 2.58. The zero-order valence-electron chi connectivity index (χ0n) is 9.71. The fraction of sp³-hybridized carbons (Fsp3) is 0.417. The third-order valence-electron chi connectivity index (χ3n) is 2.37. The molecule has 1 atom stereocenters. The summed E-state index contributed by atoms with van der Waals surface area (Å²) in [5.74, 6) is -0.909. The number of carbonyl (C=O) groups is 1. The van der Waals surface area contributed by atoms with Gasteiger partial charge in [0, 0.05) is 23.4 Å². The second-order valence-electron chi connectivity index (χ2n) is 3.92. The first kappa shape index (κ1) is 14.5. The highest BCUT2D eigenvalue weighted by Gasteiger charge is 2.16. The van der Waals surface area contributed by atoms with Crippen LogP contribution in [0, 0.1) is 5.82 Å². The number of alkyl halides is 1. The lowest BCUT2D eigenvalue weighted by Gasteiger charge is -2.18. The molecule has 1 rings (SSSR count). The van der Waals surface area contributed by atoms with Crippen LogP contribution in [-0.4, -0.2) is 29.2 Å². The molecule has 2 nitrogen and oxygen atoms in total. The van der Waals surface area contributed by atoms with Crippen LogP contribution in [0.2, 0.25) is 5.02 Å². The molecular formula is C12H14BrClFNO. The van der Waals surface area contributed by atoms with Crippen LogP contribution < -0.4 is 0 Å². The van der Waals surface area contributed by atoms with Crippen LogP contribution in [0.3, 0.4) is 0 Å². The molecule has 94 valence electrons. The van der Waals surface area contributed by atoms with Gasteiger partial charge in [-0.15, -0.1) is 0 Å². The molecule has 0 saturated carbocycles. The molecule has 1 amide bonds. The Hall–Kier alpha value is -0.610. The van der Waals surface area contributed by atoms with Crippen LogP contribution in [0.25, 0.3) is 0 Å². The molecule has 1 aromatic carbocycles. The van der Waals surface area contributed by atoms with E-state index in [2.05, 4.69) is 15.9 Å². The van der Waals surface area contributed by atoms with Crippen molar-refractivity contribution < 1.29 is 9.18 Å². The summed E-state index contributed by atoms with van der Waals surface area (Å²) in [6.07, 6.45) is 0.817. The number of benzene rings is 1. The predicted octanol–water partition coefficient (Wildman–Crippen LogP) is 3.72. The van der Waals surface area contributed by atoms with E-state index in [1.807, 2.05) is 6.92 Å². The van der Waals surface area contributed by atoms with Crippen molar-refractivity contribution in [2.45, 2.75) is 18.2 Å². The Morgan fingerprint density at radius 3 is 2.76 bits per heavy atom. The van der Waals surface area contributed by atoms with Crippen LogP contribution >= 0.6 is 27.5 Å². The van der Waals surface area contributed by atoms with Crippen molar-refractivity contribution >= 4 is 33.4 Å². The van der Waals surface area contributed by atoms with E-state index < -0.39 is 5.82 Å². The van der Waals surface area contributed by atoms with Crippen LogP contribution in [0.4, 0.5) is 4.39 Å². The highest BCUT2D eigenvalue weighted by molar-refractivity contribution is 9.09. The number of carbonyl (C=O) groups excluding carboxylic acids is 1. The maximum atomic E-state index is 13.5. The summed E-state index contributed by atoms with van der Waals surface area (Å²) in [5.41, 5.74) is 0.0547. The van der Waals surface area contributed by atoms with Crippen molar-refractivity contribution in [2.24, 2.45) is 0 Å². The van der Waals surface area contributed by atoms with Gasteiger partial charge in [-0.2, -0.15) is 0 Å². The molecule has 0 N–H and O–H groups in total. The van der Waals surface area contributed by atoms with Crippen molar-refractivity contribution in [3.05, 3.63) is 34.6 Å². The van der Waals surface area contributed by atoms with E-state index >= 15 is 0 Å². The molecule has 0 fully saturated rings. The third kappa shape index (κ3) is 4.28. The predicted molar refractivity (Wildman–Crippen MR) is 71.4 cm³/mol. The van der Waals surface area contributed by atoms with Crippen LogP contribution in [0.1, 0.15) is 23.7 Å². The van der Waals surface area contributed by atoms with Crippen molar-refractivity contribution in [3.63, 3.8) is 0 Å². The molecule has 0 spiro atoms. The fourth-order valence-electron chi connectivity index (χ4n) is 1.34. The summed E-state index contributed by atoms with van der Waals surface area (Å²) >= 11 is 9.04. The summed E-state index contributed by atoms with van der Waals surface area (Å²) < 4.78 is 13.5. The Bertz CT molecular complexity index is 411. The highest BCUT2D eigenvalue weighted by atomic mass is 79.9. The molecule has 0 aromatic heterocycles. The van der Waals surface area contributed by atoms with Gasteiger partial charge in [0.05, 0.1) is 5.56 Å². The molecule has 0 radical (unpaired) electrons. The molecule has 0 aliphatic carbocycles. The SMILES string of the molecule is CC(Br)CCN(C)C(=O)c1ccc(Cl)cc1F. The summed E-state index contributed by atoms with van der Waals surface area (Å²) in [5, 5.41) is 0.288. The first-order chi connectivity index (χ1) is 7.91. The maximum Gasteiger partial charge on any atom is 0.256 e. The lowest BCUT2D eigenvalue weighted by Crippen LogP contribution is -2.29. The van der Waals surface area contributed by atoms with E-state index in [-0.39, 0.29) is 16.5 Å². The molecule has 0 bridgehead atoms. The molecule has 1 aromatic rings. The quantitative estimate of drug-likeness (QED) is 0.774. The fourth-order valence-corrected chi connectivity index (χ4v) is 1.71. The van der Waals surface area contributed by atoms with E-state index in [1.54, 1.807) is 7.05 Å². The highest BCUT2D eigenvalue weighted by Crippen LogP contribution is 2.16. The van der Waals surface area contributed by atoms with Crippen molar-refractivity contribution in [2.75, 3.05) is 13.6 Å². The lowest BCUT2D eigenvalue weighted by molar-refractivity contribution is 0.0789. The summed E-state index contributed by atoms with van der Waals surface area (Å²) in [4.78, 5) is 13.7. The minimum atomic E-state index is -0.582. The van der Waals surface area contributed by atoms with E-state index in [9.17, 15) is 9.18 Å². The normalized spacial score (nSPS) is 12.3. The van der Waals surface area contributed by atoms with Gasteiger partial charge in [0.1, 0.15) is 5.82 Å². The Morgan fingerprint density at radius 2 is 2.24 bits per heavy atom. The second-order valence-corrected chi connectivity index (χ2v) is 5.92. The molecule has 17 heavy (non-hydrogen) atoms. The molecule has 5 heteroatoms. The van der Waals surface area contributed by atoms with E-state index in [0.29, 0.717) is 11.4 Å². The standard InChI is InChI=1S/C12H14BrClFNO/c1-8(13)5-6-16(2)12(17)10-4-3-9(14)7-11(10)15/h3-4,7-8H,5-6H2,1-2H3. The molecule has 0 heterocycles. The van der Waals surface area contributed by atoms with Gasteiger partial charge in [0.15, 0.2) is 0 Å².